The lowest BCUT2D eigenvalue weighted by Gasteiger charge is -2.08. The summed E-state index contributed by atoms with van der Waals surface area (Å²) in [5.74, 6) is -1.69. The molecule has 0 radical (unpaired) electrons. The van der Waals surface area contributed by atoms with Crippen molar-refractivity contribution in [1.29, 1.82) is 0 Å². The molecule has 0 aromatic heterocycles. The van der Waals surface area contributed by atoms with Gasteiger partial charge in [-0.05, 0) is 68.9 Å². The van der Waals surface area contributed by atoms with Crippen LogP contribution in [0.25, 0.3) is 0 Å². The van der Waals surface area contributed by atoms with E-state index in [1.54, 1.807) is 42.5 Å². The number of benzene rings is 2. The molecule has 2 rings (SSSR count). The molecule has 0 N–H and O–H groups in total. The molecule has 0 amide bonds. The van der Waals surface area contributed by atoms with E-state index in [0.29, 0.717) is 17.0 Å². The maximum atomic E-state index is 12.9. The largest absolute Gasteiger partial charge is 0.389 e. The molecular weight excluding hydrogens is 484 g/mol. The molecule has 0 saturated heterocycles. The van der Waals surface area contributed by atoms with Gasteiger partial charge in [-0.3, -0.25) is 9.59 Å². The Balaban J connectivity index is 1.63. The molecule has 0 bridgehead atoms. The van der Waals surface area contributed by atoms with E-state index in [4.69, 9.17) is 16.3 Å². The highest BCUT2D eigenvalue weighted by Crippen LogP contribution is 2.18. The smallest absolute Gasteiger partial charge is 0.346 e. The lowest BCUT2D eigenvalue weighted by molar-refractivity contribution is -0.138. The number of hydrogen-bond donors (Lipinski definition) is 0. The normalized spacial score (nSPS) is 11.3. The van der Waals surface area contributed by atoms with Crippen molar-refractivity contribution < 1.29 is 19.1 Å². The molecule has 0 fully saturated rings. The number of carbonyl (C=O) groups excluding carboxylic acids is 3. The molecule has 0 aliphatic carbocycles. The van der Waals surface area contributed by atoms with Gasteiger partial charge in [-0.15, -0.1) is 0 Å². The Morgan fingerprint density at radius 3 is 2.00 bits per heavy atom. The standard InChI is InChI=1S/C32H39ClO4/c1-2-3-4-5-6-7-8-9-10-11-12-13-14-15-16-21-30(34)37-32(36)29-20-18-17-19-28(29)31(35)26-22-24-27(33)25-23-26/h6-7,9-10,17-20,22-25H,2-5,8,11-16,21H2,1H3/b7-6+,10-9+. The zero-order valence-corrected chi connectivity index (χ0v) is 22.7. The van der Waals surface area contributed by atoms with E-state index in [1.165, 1.54) is 31.7 Å². The van der Waals surface area contributed by atoms with Crippen LogP contribution in [0, 0.1) is 0 Å². The van der Waals surface area contributed by atoms with E-state index in [9.17, 15) is 14.4 Å². The molecule has 0 atom stereocenters. The van der Waals surface area contributed by atoms with Crippen molar-refractivity contribution in [2.24, 2.45) is 0 Å². The number of esters is 2. The highest BCUT2D eigenvalue weighted by molar-refractivity contribution is 6.30. The number of ether oxygens (including phenoxy) is 1. The second-order valence-electron chi connectivity index (χ2n) is 9.12. The average molecular weight is 523 g/mol. The lowest BCUT2D eigenvalue weighted by Crippen LogP contribution is -2.16. The average Bonchev–Trinajstić information content (AvgIpc) is 2.91. The summed E-state index contributed by atoms with van der Waals surface area (Å²) in [6.07, 6.45) is 21.2. The highest BCUT2D eigenvalue weighted by atomic mass is 35.5. The van der Waals surface area contributed by atoms with Gasteiger partial charge in [0.1, 0.15) is 0 Å². The van der Waals surface area contributed by atoms with Crippen LogP contribution < -0.4 is 0 Å². The van der Waals surface area contributed by atoms with Crippen molar-refractivity contribution in [2.45, 2.75) is 84.0 Å². The van der Waals surface area contributed by atoms with Crippen LogP contribution in [0.5, 0.6) is 0 Å². The first-order valence-electron chi connectivity index (χ1n) is 13.5. The van der Waals surface area contributed by atoms with Gasteiger partial charge in [0.05, 0.1) is 5.56 Å². The predicted molar refractivity (Wildman–Crippen MR) is 151 cm³/mol. The Bertz CT molecular complexity index is 1040. The molecule has 0 spiro atoms. The van der Waals surface area contributed by atoms with Gasteiger partial charge in [0, 0.05) is 22.6 Å². The summed E-state index contributed by atoms with van der Waals surface area (Å²) in [4.78, 5) is 37.6. The van der Waals surface area contributed by atoms with Crippen LogP contribution in [-0.4, -0.2) is 17.7 Å². The Kier molecular flexibility index (Phi) is 15.0. The summed E-state index contributed by atoms with van der Waals surface area (Å²) >= 11 is 5.89. The van der Waals surface area contributed by atoms with Gasteiger partial charge in [0.15, 0.2) is 5.78 Å². The van der Waals surface area contributed by atoms with Gasteiger partial charge in [-0.2, -0.15) is 0 Å². The fourth-order valence-corrected chi connectivity index (χ4v) is 4.03. The number of unbranched alkanes of at least 4 members (excludes halogenated alkanes) is 8. The third-order valence-corrected chi connectivity index (χ3v) is 6.29. The summed E-state index contributed by atoms with van der Waals surface area (Å²) in [5, 5.41) is 0.517. The van der Waals surface area contributed by atoms with Gasteiger partial charge in [-0.1, -0.05) is 93.1 Å². The van der Waals surface area contributed by atoms with Crippen molar-refractivity contribution in [3.05, 3.63) is 94.5 Å². The van der Waals surface area contributed by atoms with E-state index >= 15 is 0 Å². The maximum Gasteiger partial charge on any atom is 0.346 e. The molecule has 0 saturated carbocycles. The van der Waals surface area contributed by atoms with Gasteiger partial charge >= 0.3 is 11.9 Å². The first-order valence-corrected chi connectivity index (χ1v) is 13.8. The van der Waals surface area contributed by atoms with Crippen molar-refractivity contribution in [3.8, 4) is 0 Å². The van der Waals surface area contributed by atoms with Crippen LogP contribution in [-0.2, 0) is 9.53 Å². The van der Waals surface area contributed by atoms with E-state index in [-0.39, 0.29) is 23.3 Å². The third-order valence-electron chi connectivity index (χ3n) is 6.04. The zero-order chi connectivity index (χ0) is 26.7. The van der Waals surface area contributed by atoms with Crippen molar-refractivity contribution in [1.82, 2.24) is 0 Å². The van der Waals surface area contributed by atoms with Crippen LogP contribution in [0.3, 0.4) is 0 Å². The Labute approximate surface area is 226 Å². The highest BCUT2D eigenvalue weighted by Gasteiger charge is 2.21. The van der Waals surface area contributed by atoms with Gasteiger partial charge < -0.3 is 4.74 Å². The number of carbonyl (C=O) groups is 3. The molecular formula is C32H39ClO4. The topological polar surface area (TPSA) is 60.4 Å². The molecule has 4 nitrogen and oxygen atoms in total. The summed E-state index contributed by atoms with van der Waals surface area (Å²) in [6, 6.07) is 12.8. The van der Waals surface area contributed by atoms with E-state index in [1.807, 2.05) is 0 Å². The maximum absolute atomic E-state index is 12.9. The molecule has 2 aromatic carbocycles. The predicted octanol–water partition coefficient (Wildman–Crippen LogP) is 9.07. The quantitative estimate of drug-likeness (QED) is 0.0683. The fourth-order valence-electron chi connectivity index (χ4n) is 3.91. The molecule has 0 unspecified atom stereocenters. The minimum Gasteiger partial charge on any atom is -0.389 e. The second-order valence-corrected chi connectivity index (χ2v) is 9.56. The van der Waals surface area contributed by atoms with Crippen molar-refractivity contribution >= 4 is 29.3 Å². The molecule has 0 aliphatic heterocycles. The first-order chi connectivity index (χ1) is 18.0. The monoisotopic (exact) mass is 522 g/mol. The third kappa shape index (κ3) is 12.2. The Morgan fingerprint density at radius 2 is 1.32 bits per heavy atom. The van der Waals surface area contributed by atoms with Crippen LogP contribution in [0.1, 0.15) is 110 Å². The van der Waals surface area contributed by atoms with Crippen molar-refractivity contribution in [3.63, 3.8) is 0 Å². The van der Waals surface area contributed by atoms with E-state index in [0.717, 1.165) is 38.5 Å². The first kappa shape index (κ1) is 30.2. The Hall–Kier alpha value is -2.98. The molecule has 37 heavy (non-hydrogen) atoms. The number of rotatable bonds is 17. The fraction of sp³-hybridized carbons (Fsp3) is 0.406. The van der Waals surface area contributed by atoms with Crippen LogP contribution in [0.15, 0.2) is 72.8 Å². The van der Waals surface area contributed by atoms with Crippen LogP contribution >= 0.6 is 11.6 Å². The van der Waals surface area contributed by atoms with Crippen LogP contribution in [0.2, 0.25) is 5.02 Å². The number of ketones is 1. The minimum atomic E-state index is -0.800. The molecule has 0 heterocycles. The number of allylic oxidation sites excluding steroid dienone is 4. The van der Waals surface area contributed by atoms with Gasteiger partial charge in [-0.25, -0.2) is 4.79 Å². The summed E-state index contributed by atoms with van der Waals surface area (Å²) in [7, 11) is 0. The summed E-state index contributed by atoms with van der Waals surface area (Å²) < 4.78 is 5.04. The summed E-state index contributed by atoms with van der Waals surface area (Å²) in [6.45, 7) is 2.22. The molecule has 2 aromatic rings. The SMILES string of the molecule is CCCCC/C=C/C/C=C/CCCCCCCC(=O)OC(=O)c1ccccc1C(=O)c1ccc(Cl)cc1. The van der Waals surface area contributed by atoms with Gasteiger partial charge in [0.2, 0.25) is 0 Å². The van der Waals surface area contributed by atoms with Gasteiger partial charge in [0.25, 0.3) is 0 Å². The minimum absolute atomic E-state index is 0.0795. The summed E-state index contributed by atoms with van der Waals surface area (Å²) in [5.41, 5.74) is 0.677. The Morgan fingerprint density at radius 1 is 0.730 bits per heavy atom. The number of halogens is 1. The van der Waals surface area contributed by atoms with Crippen molar-refractivity contribution in [2.75, 3.05) is 0 Å². The number of hydrogen-bond acceptors (Lipinski definition) is 4. The molecule has 0 aliphatic rings. The molecule has 5 heteroatoms. The zero-order valence-electron chi connectivity index (χ0n) is 21.9. The molecule has 198 valence electrons. The van der Waals surface area contributed by atoms with E-state index in [2.05, 4.69) is 31.2 Å². The van der Waals surface area contributed by atoms with Crippen LogP contribution in [0.4, 0.5) is 0 Å². The van der Waals surface area contributed by atoms with E-state index < -0.39 is 11.9 Å². The second kappa shape index (κ2) is 18.3. The lowest BCUT2D eigenvalue weighted by atomic mass is 9.98.